The molecule has 1 rings (SSSR count). The number of hydrogen-bond acceptors (Lipinski definition) is 3. The number of carbonyl (C=O) groups is 1. The second-order valence-corrected chi connectivity index (χ2v) is 7.06. The van der Waals surface area contributed by atoms with Crippen molar-refractivity contribution in [2.24, 2.45) is 17.1 Å². The van der Waals surface area contributed by atoms with E-state index in [9.17, 15) is 4.79 Å². The van der Waals surface area contributed by atoms with E-state index in [1.54, 1.807) is 11.8 Å². The van der Waals surface area contributed by atoms with Crippen LogP contribution in [0.2, 0.25) is 0 Å². The molecule has 1 aliphatic carbocycles. The number of carbonyl (C=O) groups excluding carboxylic acids is 1. The van der Waals surface area contributed by atoms with Crippen LogP contribution in [0.1, 0.15) is 46.0 Å². The summed E-state index contributed by atoms with van der Waals surface area (Å²) in [6.45, 7) is 5.27. The van der Waals surface area contributed by atoms with Crippen LogP contribution in [0.4, 0.5) is 0 Å². The van der Waals surface area contributed by atoms with Gasteiger partial charge >= 0.3 is 0 Å². The van der Waals surface area contributed by atoms with E-state index in [-0.39, 0.29) is 29.8 Å². The summed E-state index contributed by atoms with van der Waals surface area (Å²) in [4.78, 5) is 11.9. The predicted octanol–water partition coefficient (Wildman–Crippen LogP) is 2.82. The van der Waals surface area contributed by atoms with E-state index in [0.717, 1.165) is 24.6 Å². The van der Waals surface area contributed by atoms with E-state index in [0.29, 0.717) is 0 Å². The van der Waals surface area contributed by atoms with Crippen molar-refractivity contribution in [3.05, 3.63) is 0 Å². The lowest BCUT2D eigenvalue weighted by Crippen LogP contribution is -2.45. The Morgan fingerprint density at radius 3 is 2.53 bits per heavy atom. The molecule has 0 bridgehead atoms. The molecule has 3 nitrogen and oxygen atoms in total. The van der Waals surface area contributed by atoms with Gasteiger partial charge in [-0.25, -0.2) is 0 Å². The number of rotatable bonds is 7. The number of thioether (sulfide) groups is 1. The Labute approximate surface area is 128 Å². The molecule has 0 radical (unpaired) electrons. The fraction of sp³-hybridized carbons (Fsp3) is 0.929. The Balaban J connectivity index is 0.00000324. The molecule has 1 saturated carbocycles. The minimum absolute atomic E-state index is 0. The van der Waals surface area contributed by atoms with Crippen molar-refractivity contribution in [3.8, 4) is 0 Å². The van der Waals surface area contributed by atoms with Crippen LogP contribution in [0.5, 0.6) is 0 Å². The third-order valence-corrected chi connectivity index (χ3v) is 4.79. The quantitative estimate of drug-likeness (QED) is 0.760. The summed E-state index contributed by atoms with van der Waals surface area (Å²) in [6, 6.07) is -0.350. The minimum Gasteiger partial charge on any atom is -0.354 e. The third kappa shape index (κ3) is 6.37. The van der Waals surface area contributed by atoms with Crippen molar-refractivity contribution >= 4 is 30.1 Å². The van der Waals surface area contributed by atoms with Gasteiger partial charge in [0.05, 0.1) is 6.04 Å². The first kappa shape index (κ1) is 19.1. The molecule has 5 heteroatoms. The molecule has 0 spiro atoms. The summed E-state index contributed by atoms with van der Waals surface area (Å²) in [7, 11) is 0. The lowest BCUT2D eigenvalue weighted by Gasteiger charge is -2.32. The molecule has 0 aliphatic heterocycles. The van der Waals surface area contributed by atoms with E-state index in [4.69, 9.17) is 5.73 Å². The summed E-state index contributed by atoms with van der Waals surface area (Å²) in [5.41, 5.74) is 6.06. The molecule has 3 N–H and O–H groups in total. The van der Waals surface area contributed by atoms with Crippen LogP contribution in [0, 0.1) is 11.3 Å². The van der Waals surface area contributed by atoms with Gasteiger partial charge in [0.1, 0.15) is 0 Å². The van der Waals surface area contributed by atoms with E-state index < -0.39 is 0 Å². The standard InChI is InChI=1S/C14H28N2OS.ClH/c1-14(2,11-6-4-5-7-11)10-16-13(17)12(15)8-9-18-3;/h11-12H,4-10,15H2,1-3H3,(H,16,17);1H. The molecule has 0 aromatic rings. The molecule has 19 heavy (non-hydrogen) atoms. The molecule has 1 amide bonds. The Morgan fingerprint density at radius 2 is 2.00 bits per heavy atom. The van der Waals surface area contributed by atoms with Crippen LogP contribution in [0.25, 0.3) is 0 Å². The molecule has 1 fully saturated rings. The van der Waals surface area contributed by atoms with Gasteiger partial charge in [0.25, 0.3) is 0 Å². The van der Waals surface area contributed by atoms with Crippen molar-refractivity contribution in [3.63, 3.8) is 0 Å². The van der Waals surface area contributed by atoms with Crippen molar-refractivity contribution in [2.75, 3.05) is 18.6 Å². The molecule has 0 saturated heterocycles. The maximum Gasteiger partial charge on any atom is 0.236 e. The van der Waals surface area contributed by atoms with Crippen molar-refractivity contribution in [1.29, 1.82) is 0 Å². The lowest BCUT2D eigenvalue weighted by atomic mass is 9.77. The highest BCUT2D eigenvalue weighted by atomic mass is 35.5. The Morgan fingerprint density at radius 1 is 1.42 bits per heavy atom. The highest BCUT2D eigenvalue weighted by molar-refractivity contribution is 7.98. The summed E-state index contributed by atoms with van der Waals surface area (Å²) in [5.74, 6) is 1.70. The third-order valence-electron chi connectivity index (χ3n) is 4.15. The molecule has 1 unspecified atom stereocenters. The van der Waals surface area contributed by atoms with Gasteiger partial charge < -0.3 is 11.1 Å². The van der Waals surface area contributed by atoms with Gasteiger partial charge in [-0.1, -0.05) is 26.7 Å². The van der Waals surface area contributed by atoms with Crippen LogP contribution in [0.15, 0.2) is 0 Å². The molecule has 0 aromatic carbocycles. The van der Waals surface area contributed by atoms with Crippen LogP contribution in [0.3, 0.4) is 0 Å². The monoisotopic (exact) mass is 308 g/mol. The van der Waals surface area contributed by atoms with E-state index in [2.05, 4.69) is 19.2 Å². The van der Waals surface area contributed by atoms with Crippen molar-refractivity contribution in [2.45, 2.75) is 52.0 Å². The largest absolute Gasteiger partial charge is 0.354 e. The Bertz CT molecular complexity index is 268. The smallest absolute Gasteiger partial charge is 0.236 e. The highest BCUT2D eigenvalue weighted by Crippen LogP contribution is 2.38. The minimum atomic E-state index is -0.350. The average Bonchev–Trinajstić information content (AvgIpc) is 2.87. The van der Waals surface area contributed by atoms with Gasteiger partial charge in [-0.3, -0.25) is 4.79 Å². The predicted molar refractivity (Wildman–Crippen MR) is 87.0 cm³/mol. The number of nitrogens with two attached hydrogens (primary N) is 1. The fourth-order valence-electron chi connectivity index (χ4n) is 2.67. The number of halogens is 1. The maximum absolute atomic E-state index is 11.9. The topological polar surface area (TPSA) is 55.1 Å². The molecule has 1 atom stereocenters. The SMILES string of the molecule is CSCCC(N)C(=O)NCC(C)(C)C1CCCC1.Cl. The van der Waals surface area contributed by atoms with Crippen LogP contribution in [-0.4, -0.2) is 30.5 Å². The van der Waals surface area contributed by atoms with E-state index in [1.165, 1.54) is 25.7 Å². The Hall–Kier alpha value is 0.0700. The molecular weight excluding hydrogens is 280 g/mol. The number of nitrogens with one attached hydrogen (secondary N) is 1. The summed E-state index contributed by atoms with van der Waals surface area (Å²) in [5, 5.41) is 3.04. The van der Waals surface area contributed by atoms with Crippen molar-refractivity contribution < 1.29 is 4.79 Å². The van der Waals surface area contributed by atoms with Crippen LogP contribution in [-0.2, 0) is 4.79 Å². The van der Waals surface area contributed by atoms with Crippen molar-refractivity contribution in [1.82, 2.24) is 5.32 Å². The average molecular weight is 309 g/mol. The van der Waals surface area contributed by atoms with Gasteiger partial charge in [0.15, 0.2) is 0 Å². The van der Waals surface area contributed by atoms with Crippen LogP contribution < -0.4 is 11.1 Å². The number of amides is 1. The van der Waals surface area contributed by atoms with E-state index >= 15 is 0 Å². The highest BCUT2D eigenvalue weighted by Gasteiger charge is 2.32. The first-order valence-corrected chi connectivity index (χ1v) is 8.39. The number of hydrogen-bond donors (Lipinski definition) is 2. The maximum atomic E-state index is 11.9. The van der Waals surface area contributed by atoms with Gasteiger partial charge in [-0.2, -0.15) is 11.8 Å². The fourth-order valence-corrected chi connectivity index (χ4v) is 3.16. The van der Waals surface area contributed by atoms with Crippen LogP contribution >= 0.6 is 24.2 Å². The van der Waals surface area contributed by atoms with Gasteiger partial charge in [-0.05, 0) is 42.6 Å². The second-order valence-electron chi connectivity index (χ2n) is 6.08. The summed E-state index contributed by atoms with van der Waals surface area (Å²) in [6.07, 6.45) is 8.10. The Kier molecular flexibility index (Phi) is 9.12. The summed E-state index contributed by atoms with van der Waals surface area (Å²) >= 11 is 1.73. The zero-order chi connectivity index (χ0) is 13.6. The molecule has 0 heterocycles. The van der Waals surface area contributed by atoms with Gasteiger partial charge in [0, 0.05) is 6.54 Å². The first-order chi connectivity index (χ1) is 8.47. The van der Waals surface area contributed by atoms with Gasteiger partial charge in [-0.15, -0.1) is 12.4 Å². The molecule has 1 aliphatic rings. The first-order valence-electron chi connectivity index (χ1n) is 6.99. The normalized spacial score (nSPS) is 17.9. The molecular formula is C14H29ClN2OS. The lowest BCUT2D eigenvalue weighted by molar-refractivity contribution is -0.123. The van der Waals surface area contributed by atoms with Gasteiger partial charge in [0.2, 0.25) is 5.91 Å². The molecule has 114 valence electrons. The zero-order valence-electron chi connectivity index (χ0n) is 12.4. The zero-order valence-corrected chi connectivity index (χ0v) is 14.0. The van der Waals surface area contributed by atoms with E-state index in [1.807, 2.05) is 6.26 Å². The second kappa shape index (κ2) is 9.09. The molecule has 0 aromatic heterocycles. The summed E-state index contributed by atoms with van der Waals surface area (Å²) < 4.78 is 0.